The molecule has 0 bridgehead atoms. The molecule has 0 spiro atoms. The van der Waals surface area contributed by atoms with Gasteiger partial charge in [0.2, 0.25) is 0 Å². The van der Waals surface area contributed by atoms with Gasteiger partial charge >= 0.3 is 0 Å². The molecule has 0 amide bonds. The van der Waals surface area contributed by atoms with Crippen molar-refractivity contribution in [2.75, 3.05) is 11.9 Å². The van der Waals surface area contributed by atoms with E-state index in [0.29, 0.717) is 11.6 Å². The first-order chi connectivity index (χ1) is 9.47. The van der Waals surface area contributed by atoms with Gasteiger partial charge < -0.3 is 10.4 Å². The fraction of sp³-hybridized carbons (Fsp3) is 0.143. The van der Waals surface area contributed by atoms with E-state index in [-0.39, 0.29) is 17.3 Å². The van der Waals surface area contributed by atoms with E-state index in [1.54, 1.807) is 0 Å². The number of halogens is 4. The first-order valence-corrected chi connectivity index (χ1v) is 6.17. The highest BCUT2D eigenvalue weighted by atomic mass is 35.5. The van der Waals surface area contributed by atoms with Crippen LogP contribution in [0.3, 0.4) is 0 Å². The fourth-order valence-electron chi connectivity index (χ4n) is 1.74. The van der Waals surface area contributed by atoms with Crippen molar-refractivity contribution >= 4 is 17.3 Å². The Morgan fingerprint density at radius 2 is 1.85 bits per heavy atom. The third-order valence-electron chi connectivity index (χ3n) is 2.71. The molecule has 2 nitrogen and oxygen atoms in total. The van der Waals surface area contributed by atoms with E-state index in [4.69, 9.17) is 11.6 Å². The molecule has 0 heterocycles. The van der Waals surface area contributed by atoms with Gasteiger partial charge in [-0.3, -0.25) is 0 Å². The lowest BCUT2D eigenvalue weighted by atomic mass is 10.1. The Hall–Kier alpha value is -1.72. The molecule has 6 heteroatoms. The number of anilines is 1. The van der Waals surface area contributed by atoms with E-state index in [0.717, 1.165) is 6.07 Å². The van der Waals surface area contributed by atoms with E-state index in [2.05, 4.69) is 5.32 Å². The van der Waals surface area contributed by atoms with Crippen LogP contribution in [-0.2, 0) is 0 Å². The first kappa shape index (κ1) is 14.7. The van der Waals surface area contributed by atoms with Crippen molar-refractivity contribution in [3.8, 4) is 0 Å². The minimum atomic E-state index is -1.05. The predicted octanol–water partition coefficient (Wildman–Crippen LogP) is 3.90. The molecule has 106 valence electrons. The van der Waals surface area contributed by atoms with Gasteiger partial charge in [-0.1, -0.05) is 23.7 Å². The summed E-state index contributed by atoms with van der Waals surface area (Å²) in [7, 11) is 0. The molecule has 1 unspecified atom stereocenters. The SMILES string of the molecule is OC(CNc1c(F)cc(F)cc1Cl)c1cccc(F)c1. The lowest BCUT2D eigenvalue weighted by Gasteiger charge is -2.14. The molecular weight excluding hydrogens is 291 g/mol. The van der Waals surface area contributed by atoms with Crippen LogP contribution in [0, 0.1) is 17.5 Å². The zero-order chi connectivity index (χ0) is 14.7. The molecule has 0 aromatic heterocycles. The Bertz CT molecular complexity index is 598. The molecule has 0 aliphatic heterocycles. The Balaban J connectivity index is 2.09. The predicted molar refractivity (Wildman–Crippen MR) is 71.2 cm³/mol. The topological polar surface area (TPSA) is 32.3 Å². The molecule has 2 aromatic carbocycles. The van der Waals surface area contributed by atoms with Crippen LogP contribution in [0.15, 0.2) is 36.4 Å². The van der Waals surface area contributed by atoms with Gasteiger partial charge in [0.15, 0.2) is 5.82 Å². The maximum Gasteiger partial charge on any atom is 0.150 e. The lowest BCUT2D eigenvalue weighted by Crippen LogP contribution is -2.13. The molecule has 0 saturated heterocycles. The summed E-state index contributed by atoms with van der Waals surface area (Å²) in [5.41, 5.74) is 0.236. The average molecular weight is 302 g/mol. The van der Waals surface area contributed by atoms with E-state index in [9.17, 15) is 18.3 Å². The van der Waals surface area contributed by atoms with Crippen LogP contribution in [0.1, 0.15) is 11.7 Å². The maximum atomic E-state index is 13.5. The number of rotatable bonds is 4. The van der Waals surface area contributed by atoms with Gasteiger partial charge in [0, 0.05) is 12.6 Å². The van der Waals surface area contributed by atoms with Crippen molar-refractivity contribution in [2.45, 2.75) is 6.10 Å². The van der Waals surface area contributed by atoms with Gasteiger partial charge in [-0.15, -0.1) is 0 Å². The second kappa shape index (κ2) is 6.15. The number of nitrogens with one attached hydrogen (secondary N) is 1. The van der Waals surface area contributed by atoms with E-state index in [1.165, 1.54) is 24.3 Å². The van der Waals surface area contributed by atoms with Crippen molar-refractivity contribution in [3.05, 3.63) is 64.4 Å². The van der Waals surface area contributed by atoms with Crippen LogP contribution < -0.4 is 5.32 Å². The second-order valence-corrected chi connectivity index (χ2v) is 4.60. The Kier molecular flexibility index (Phi) is 4.52. The third-order valence-corrected chi connectivity index (χ3v) is 3.01. The van der Waals surface area contributed by atoms with Gasteiger partial charge in [-0.05, 0) is 23.8 Å². The molecular formula is C14H11ClF3NO. The molecule has 2 N–H and O–H groups in total. The van der Waals surface area contributed by atoms with Crippen LogP contribution in [0.2, 0.25) is 5.02 Å². The minimum absolute atomic E-state index is 0.0915. The minimum Gasteiger partial charge on any atom is -0.387 e. The van der Waals surface area contributed by atoms with Crippen molar-refractivity contribution in [3.63, 3.8) is 0 Å². The van der Waals surface area contributed by atoms with E-state index >= 15 is 0 Å². The van der Waals surface area contributed by atoms with Crippen LogP contribution in [0.4, 0.5) is 18.9 Å². The summed E-state index contributed by atoms with van der Waals surface area (Å²) < 4.78 is 39.4. The van der Waals surface area contributed by atoms with E-state index in [1.807, 2.05) is 0 Å². The molecule has 0 aliphatic carbocycles. The largest absolute Gasteiger partial charge is 0.387 e. The summed E-state index contributed by atoms with van der Waals surface area (Å²) in [4.78, 5) is 0. The normalized spacial score (nSPS) is 12.2. The highest BCUT2D eigenvalue weighted by Gasteiger charge is 2.13. The van der Waals surface area contributed by atoms with Crippen molar-refractivity contribution in [2.24, 2.45) is 0 Å². The van der Waals surface area contributed by atoms with E-state index < -0.39 is 23.6 Å². The zero-order valence-electron chi connectivity index (χ0n) is 10.2. The molecule has 0 radical (unpaired) electrons. The van der Waals surface area contributed by atoms with Gasteiger partial charge in [-0.2, -0.15) is 0 Å². The Labute approximate surface area is 118 Å². The molecule has 0 aliphatic rings. The number of benzene rings is 2. The van der Waals surface area contributed by atoms with Crippen molar-refractivity contribution < 1.29 is 18.3 Å². The highest BCUT2D eigenvalue weighted by molar-refractivity contribution is 6.33. The summed E-state index contributed by atoms with van der Waals surface area (Å²) >= 11 is 5.71. The van der Waals surface area contributed by atoms with Gasteiger partial charge in [0.25, 0.3) is 0 Å². The molecule has 0 fully saturated rings. The van der Waals surface area contributed by atoms with Gasteiger partial charge in [0.05, 0.1) is 16.8 Å². The summed E-state index contributed by atoms with van der Waals surface area (Å²) in [5.74, 6) is -2.13. The molecule has 2 rings (SSSR count). The Morgan fingerprint density at radius 3 is 2.50 bits per heavy atom. The van der Waals surface area contributed by atoms with Crippen molar-refractivity contribution in [1.82, 2.24) is 0 Å². The average Bonchev–Trinajstić information content (AvgIpc) is 2.37. The van der Waals surface area contributed by atoms with Crippen LogP contribution in [-0.4, -0.2) is 11.7 Å². The summed E-state index contributed by atoms with van der Waals surface area (Å²) in [5, 5.41) is 12.3. The molecule has 1 atom stereocenters. The molecule has 20 heavy (non-hydrogen) atoms. The first-order valence-electron chi connectivity index (χ1n) is 5.79. The molecule has 2 aromatic rings. The van der Waals surface area contributed by atoms with Gasteiger partial charge in [0.1, 0.15) is 11.6 Å². The third kappa shape index (κ3) is 3.43. The number of hydrogen-bond donors (Lipinski definition) is 2. The highest BCUT2D eigenvalue weighted by Crippen LogP contribution is 2.27. The number of aliphatic hydroxyl groups is 1. The summed E-state index contributed by atoms with van der Waals surface area (Å²) in [6.07, 6.45) is -1.05. The van der Waals surface area contributed by atoms with Crippen molar-refractivity contribution in [1.29, 1.82) is 0 Å². The summed E-state index contributed by atoms with van der Waals surface area (Å²) in [6.45, 7) is -0.0915. The van der Waals surface area contributed by atoms with Gasteiger partial charge in [-0.25, -0.2) is 13.2 Å². The zero-order valence-corrected chi connectivity index (χ0v) is 11.0. The van der Waals surface area contributed by atoms with Crippen LogP contribution >= 0.6 is 11.6 Å². The standard InChI is InChI=1S/C14H11ClF3NO/c15-11-5-10(17)6-12(18)14(11)19-7-13(20)8-2-1-3-9(16)4-8/h1-6,13,19-20H,7H2. The number of hydrogen-bond acceptors (Lipinski definition) is 2. The number of aliphatic hydroxyl groups excluding tert-OH is 1. The monoisotopic (exact) mass is 301 g/mol. The smallest absolute Gasteiger partial charge is 0.150 e. The molecule has 0 saturated carbocycles. The maximum absolute atomic E-state index is 13.5. The second-order valence-electron chi connectivity index (χ2n) is 4.20. The van der Waals surface area contributed by atoms with Crippen LogP contribution in [0.25, 0.3) is 0 Å². The van der Waals surface area contributed by atoms with Crippen LogP contribution in [0.5, 0.6) is 0 Å². The summed E-state index contributed by atoms with van der Waals surface area (Å²) in [6, 6.07) is 7.07. The Morgan fingerprint density at radius 1 is 1.10 bits per heavy atom. The fourth-order valence-corrected chi connectivity index (χ4v) is 2.00. The quantitative estimate of drug-likeness (QED) is 0.897. The lowest BCUT2D eigenvalue weighted by molar-refractivity contribution is 0.191.